The predicted molar refractivity (Wildman–Crippen MR) is 102 cm³/mol. The first kappa shape index (κ1) is 16.9. The molecule has 0 saturated heterocycles. The van der Waals surface area contributed by atoms with Gasteiger partial charge in [-0.25, -0.2) is 4.98 Å². The highest BCUT2D eigenvalue weighted by atomic mass is 32.1. The van der Waals surface area contributed by atoms with Gasteiger partial charge in [0.05, 0.1) is 4.88 Å². The third-order valence-corrected chi connectivity index (χ3v) is 5.75. The molecule has 24 heavy (non-hydrogen) atoms. The lowest BCUT2D eigenvalue weighted by molar-refractivity contribution is 0.0780. The molecule has 0 N–H and O–H groups in total. The Bertz CT molecular complexity index is 804. The summed E-state index contributed by atoms with van der Waals surface area (Å²) in [7, 11) is 1.82. The highest BCUT2D eigenvalue weighted by Gasteiger charge is 2.16. The van der Waals surface area contributed by atoms with E-state index in [-0.39, 0.29) is 5.91 Å². The second kappa shape index (κ2) is 7.28. The quantitative estimate of drug-likeness (QED) is 0.624. The molecule has 124 valence electrons. The van der Waals surface area contributed by atoms with Gasteiger partial charge in [0.15, 0.2) is 0 Å². The molecule has 2 aromatic heterocycles. The van der Waals surface area contributed by atoms with Crippen LogP contribution in [0.5, 0.6) is 0 Å². The second-order valence-electron chi connectivity index (χ2n) is 6.07. The molecule has 0 aliphatic rings. The van der Waals surface area contributed by atoms with Crippen molar-refractivity contribution >= 4 is 28.6 Å². The van der Waals surface area contributed by atoms with E-state index in [1.54, 1.807) is 16.2 Å². The first-order chi connectivity index (χ1) is 11.5. The maximum atomic E-state index is 12.6. The van der Waals surface area contributed by atoms with Crippen LogP contribution in [0.25, 0.3) is 9.88 Å². The van der Waals surface area contributed by atoms with Gasteiger partial charge in [0.1, 0.15) is 10.7 Å². The molecule has 0 bridgehead atoms. The number of thiazole rings is 1. The van der Waals surface area contributed by atoms with E-state index >= 15 is 0 Å². The minimum Gasteiger partial charge on any atom is -0.336 e. The molecule has 2 heterocycles. The Balaban J connectivity index is 1.68. The first-order valence-electron chi connectivity index (χ1n) is 7.88. The van der Waals surface area contributed by atoms with E-state index in [4.69, 9.17) is 0 Å². The number of carbonyl (C=O) groups is 1. The van der Waals surface area contributed by atoms with Gasteiger partial charge >= 0.3 is 0 Å². The Morgan fingerprint density at radius 3 is 2.54 bits per heavy atom. The molecule has 0 aliphatic carbocycles. The fourth-order valence-electron chi connectivity index (χ4n) is 2.43. The summed E-state index contributed by atoms with van der Waals surface area (Å²) in [6.45, 7) is 4.94. The van der Waals surface area contributed by atoms with Crippen LogP contribution < -0.4 is 0 Å². The molecular weight excluding hydrogens is 336 g/mol. The number of rotatable bonds is 5. The van der Waals surface area contributed by atoms with Crippen molar-refractivity contribution < 1.29 is 4.79 Å². The lowest BCUT2D eigenvalue weighted by Crippen LogP contribution is -2.26. The highest BCUT2D eigenvalue weighted by molar-refractivity contribution is 7.20. The van der Waals surface area contributed by atoms with Crippen LogP contribution >= 0.6 is 22.7 Å². The van der Waals surface area contributed by atoms with E-state index < -0.39 is 0 Å². The summed E-state index contributed by atoms with van der Waals surface area (Å²) in [4.78, 5) is 19.9. The fourth-order valence-corrected chi connectivity index (χ4v) is 4.04. The van der Waals surface area contributed by atoms with Crippen molar-refractivity contribution in [3.8, 4) is 9.88 Å². The van der Waals surface area contributed by atoms with Gasteiger partial charge in [0.2, 0.25) is 0 Å². The van der Waals surface area contributed by atoms with Gasteiger partial charge in [0, 0.05) is 19.0 Å². The Hall–Kier alpha value is -1.98. The van der Waals surface area contributed by atoms with Gasteiger partial charge in [-0.15, -0.1) is 22.7 Å². The molecule has 3 nitrogen and oxygen atoms in total. The van der Waals surface area contributed by atoms with Crippen molar-refractivity contribution in [1.29, 1.82) is 0 Å². The molecule has 0 atom stereocenters. The standard InChI is InChI=1S/C19H20N2OS2/c1-13(2)15-8-6-14(7-9-15)11-21(3)19(22)16-12-24-18(20-16)17-5-4-10-23-17/h4-10,12-13H,11H2,1-3H3. The molecule has 5 heteroatoms. The SMILES string of the molecule is CC(C)c1ccc(CN(C)C(=O)c2csc(-c3cccs3)n2)cc1. The third-order valence-electron chi connectivity index (χ3n) is 3.87. The molecule has 1 aromatic carbocycles. The van der Waals surface area contributed by atoms with Crippen LogP contribution in [-0.2, 0) is 6.54 Å². The summed E-state index contributed by atoms with van der Waals surface area (Å²) in [6, 6.07) is 12.5. The van der Waals surface area contributed by atoms with Crippen LogP contribution in [-0.4, -0.2) is 22.8 Å². The molecule has 3 aromatic rings. The number of hydrogen-bond donors (Lipinski definition) is 0. The van der Waals surface area contributed by atoms with E-state index in [9.17, 15) is 4.79 Å². The lowest BCUT2D eigenvalue weighted by Gasteiger charge is -2.16. The maximum Gasteiger partial charge on any atom is 0.273 e. The van der Waals surface area contributed by atoms with Crippen molar-refractivity contribution in [3.63, 3.8) is 0 Å². The smallest absolute Gasteiger partial charge is 0.273 e. The van der Waals surface area contributed by atoms with Crippen molar-refractivity contribution in [2.45, 2.75) is 26.3 Å². The van der Waals surface area contributed by atoms with Crippen LogP contribution in [0, 0.1) is 0 Å². The summed E-state index contributed by atoms with van der Waals surface area (Å²) >= 11 is 3.15. The summed E-state index contributed by atoms with van der Waals surface area (Å²) in [5.41, 5.74) is 2.96. The minimum atomic E-state index is -0.0398. The summed E-state index contributed by atoms with van der Waals surface area (Å²) < 4.78 is 0. The van der Waals surface area contributed by atoms with Gasteiger partial charge in [-0.05, 0) is 28.5 Å². The van der Waals surface area contributed by atoms with E-state index in [1.807, 2.05) is 29.9 Å². The maximum absolute atomic E-state index is 12.6. The number of hydrogen-bond acceptors (Lipinski definition) is 4. The van der Waals surface area contributed by atoms with Crippen LogP contribution in [0.4, 0.5) is 0 Å². The van der Waals surface area contributed by atoms with Crippen LogP contribution in [0.1, 0.15) is 41.4 Å². The molecule has 3 rings (SSSR count). The molecule has 0 saturated carbocycles. The average molecular weight is 357 g/mol. The second-order valence-corrected chi connectivity index (χ2v) is 7.88. The Kier molecular flexibility index (Phi) is 5.11. The lowest BCUT2D eigenvalue weighted by atomic mass is 10.0. The Morgan fingerprint density at radius 2 is 1.92 bits per heavy atom. The number of amides is 1. The number of aromatic nitrogens is 1. The predicted octanol–water partition coefficient (Wildman–Crippen LogP) is 5.27. The average Bonchev–Trinajstić information content (AvgIpc) is 3.25. The molecule has 0 spiro atoms. The monoisotopic (exact) mass is 356 g/mol. The van der Waals surface area contributed by atoms with Crippen molar-refractivity contribution in [3.05, 3.63) is 64.0 Å². The number of thiophene rings is 1. The van der Waals surface area contributed by atoms with E-state index in [1.165, 1.54) is 16.9 Å². The fraction of sp³-hybridized carbons (Fsp3) is 0.263. The molecular formula is C19H20N2OS2. The van der Waals surface area contributed by atoms with Crippen molar-refractivity contribution in [2.75, 3.05) is 7.05 Å². The van der Waals surface area contributed by atoms with Gasteiger partial charge in [-0.1, -0.05) is 44.2 Å². The Morgan fingerprint density at radius 1 is 1.17 bits per heavy atom. The van der Waals surface area contributed by atoms with E-state index in [0.717, 1.165) is 15.4 Å². The topological polar surface area (TPSA) is 33.2 Å². The van der Waals surface area contributed by atoms with E-state index in [2.05, 4.69) is 43.1 Å². The van der Waals surface area contributed by atoms with Gasteiger partial charge in [-0.2, -0.15) is 0 Å². The van der Waals surface area contributed by atoms with Crippen LogP contribution in [0.2, 0.25) is 0 Å². The molecule has 0 fully saturated rings. The third kappa shape index (κ3) is 3.74. The zero-order valence-electron chi connectivity index (χ0n) is 14.0. The van der Waals surface area contributed by atoms with Crippen LogP contribution in [0.3, 0.4) is 0 Å². The summed E-state index contributed by atoms with van der Waals surface area (Å²) in [6.07, 6.45) is 0. The number of benzene rings is 1. The first-order valence-corrected chi connectivity index (χ1v) is 9.64. The van der Waals surface area contributed by atoms with E-state index in [0.29, 0.717) is 18.2 Å². The Labute approximate surface area is 150 Å². The highest BCUT2D eigenvalue weighted by Crippen LogP contribution is 2.28. The largest absolute Gasteiger partial charge is 0.336 e. The van der Waals surface area contributed by atoms with Crippen molar-refractivity contribution in [1.82, 2.24) is 9.88 Å². The minimum absolute atomic E-state index is 0.0398. The van der Waals surface area contributed by atoms with Gasteiger partial charge in [0.25, 0.3) is 5.91 Å². The summed E-state index contributed by atoms with van der Waals surface area (Å²) in [5, 5.41) is 4.77. The van der Waals surface area contributed by atoms with Gasteiger partial charge < -0.3 is 4.90 Å². The molecule has 1 amide bonds. The van der Waals surface area contributed by atoms with Crippen LogP contribution in [0.15, 0.2) is 47.2 Å². The normalized spacial score (nSPS) is 11.0. The van der Waals surface area contributed by atoms with Crippen molar-refractivity contribution in [2.24, 2.45) is 0 Å². The molecule has 0 radical (unpaired) electrons. The molecule has 0 aliphatic heterocycles. The molecule has 0 unspecified atom stereocenters. The number of carbonyl (C=O) groups excluding carboxylic acids is 1. The summed E-state index contributed by atoms with van der Waals surface area (Å²) in [5.74, 6) is 0.478. The zero-order valence-corrected chi connectivity index (χ0v) is 15.7. The van der Waals surface area contributed by atoms with Gasteiger partial charge in [-0.3, -0.25) is 4.79 Å². The number of nitrogens with zero attached hydrogens (tertiary/aromatic N) is 2. The zero-order chi connectivity index (χ0) is 17.1.